The summed E-state index contributed by atoms with van der Waals surface area (Å²) in [5.41, 5.74) is 6.38. The van der Waals surface area contributed by atoms with Crippen molar-refractivity contribution in [1.29, 1.82) is 0 Å². The van der Waals surface area contributed by atoms with Gasteiger partial charge in [0.1, 0.15) is 5.75 Å². The van der Waals surface area contributed by atoms with Crippen LogP contribution in [0.25, 0.3) is 27.5 Å². The average Bonchev–Trinajstić information content (AvgIpc) is 3.59. The highest BCUT2D eigenvalue weighted by molar-refractivity contribution is 5.88. The van der Waals surface area contributed by atoms with Crippen LogP contribution in [-0.2, 0) is 0 Å². The minimum atomic E-state index is -0.0747. The molecule has 0 radical (unpaired) electrons. The van der Waals surface area contributed by atoms with E-state index in [0.29, 0.717) is 0 Å². The molecule has 0 unspecified atom stereocenters. The smallest absolute Gasteiger partial charge is 0.119 e. The second kappa shape index (κ2) is 7.42. The van der Waals surface area contributed by atoms with Crippen LogP contribution in [0.1, 0.15) is 22.7 Å². The molecular formula is C26H21N5O. The number of hydrogen-bond donors (Lipinski definition) is 2. The molecule has 0 saturated carbocycles. The van der Waals surface area contributed by atoms with Gasteiger partial charge < -0.3 is 14.7 Å². The molecule has 6 rings (SSSR count). The first kappa shape index (κ1) is 18.4. The van der Waals surface area contributed by atoms with Crippen molar-refractivity contribution >= 4 is 21.8 Å². The number of para-hydroxylation sites is 2. The predicted molar refractivity (Wildman–Crippen MR) is 125 cm³/mol. The molecule has 0 amide bonds. The van der Waals surface area contributed by atoms with Crippen LogP contribution in [0.4, 0.5) is 0 Å². The second-order valence-corrected chi connectivity index (χ2v) is 7.80. The lowest BCUT2D eigenvalue weighted by atomic mass is 9.88. The van der Waals surface area contributed by atoms with E-state index in [1.165, 1.54) is 21.9 Å². The van der Waals surface area contributed by atoms with E-state index in [9.17, 15) is 0 Å². The first-order valence-electron chi connectivity index (χ1n) is 10.5. The molecule has 6 nitrogen and oxygen atoms in total. The number of aromatic amines is 2. The first-order valence-corrected chi connectivity index (χ1v) is 10.5. The lowest BCUT2D eigenvalue weighted by molar-refractivity contribution is 0.414. The maximum absolute atomic E-state index is 5.28. The van der Waals surface area contributed by atoms with Crippen molar-refractivity contribution in [3.63, 3.8) is 0 Å². The van der Waals surface area contributed by atoms with Gasteiger partial charge in [0.25, 0.3) is 0 Å². The van der Waals surface area contributed by atoms with Gasteiger partial charge in [0.05, 0.1) is 30.6 Å². The van der Waals surface area contributed by atoms with Crippen LogP contribution in [0, 0.1) is 0 Å². The van der Waals surface area contributed by atoms with Crippen molar-refractivity contribution in [2.45, 2.75) is 5.92 Å². The zero-order chi connectivity index (χ0) is 21.5. The van der Waals surface area contributed by atoms with Crippen molar-refractivity contribution in [3.05, 3.63) is 108 Å². The highest BCUT2D eigenvalue weighted by Crippen LogP contribution is 2.38. The fourth-order valence-electron chi connectivity index (χ4n) is 4.42. The minimum Gasteiger partial charge on any atom is -0.497 e. The van der Waals surface area contributed by atoms with E-state index in [2.05, 4.69) is 69.1 Å². The van der Waals surface area contributed by atoms with E-state index in [1.807, 2.05) is 47.3 Å². The Balaban J connectivity index is 1.52. The lowest BCUT2D eigenvalue weighted by Crippen LogP contribution is -2.03. The number of nitrogens with one attached hydrogen (secondary N) is 2. The maximum atomic E-state index is 5.28. The molecule has 2 N–H and O–H groups in total. The first-order chi connectivity index (χ1) is 15.8. The largest absolute Gasteiger partial charge is 0.497 e. The third-order valence-electron chi connectivity index (χ3n) is 6.01. The molecule has 0 saturated heterocycles. The number of methoxy groups -OCH3 is 1. The van der Waals surface area contributed by atoms with Crippen LogP contribution in [0.15, 0.2) is 91.4 Å². The quantitative estimate of drug-likeness (QED) is 0.392. The predicted octanol–water partition coefficient (Wildman–Crippen LogP) is 5.42. The molecule has 0 spiro atoms. The van der Waals surface area contributed by atoms with E-state index in [0.717, 1.165) is 28.2 Å². The zero-order valence-electron chi connectivity index (χ0n) is 17.5. The normalized spacial score (nSPS) is 11.6. The van der Waals surface area contributed by atoms with Gasteiger partial charge in [-0.15, -0.1) is 5.10 Å². The molecule has 0 aliphatic heterocycles. The average molecular weight is 419 g/mol. The standard InChI is InChI=1S/C26H21N5O/c1-32-18-12-10-17(11-13-18)31-16-25(29-30-31)26(21-14-27-23-8-4-2-6-19(21)23)22-15-28-24-9-5-3-7-20(22)24/h2-16,26-28H,1H3. The molecule has 3 heterocycles. The highest BCUT2D eigenvalue weighted by Gasteiger charge is 2.26. The molecule has 0 aliphatic carbocycles. The Morgan fingerprint density at radius 3 is 1.97 bits per heavy atom. The molecule has 0 aliphatic rings. The fraction of sp³-hybridized carbons (Fsp3) is 0.0769. The lowest BCUT2D eigenvalue weighted by Gasteiger charge is -2.14. The summed E-state index contributed by atoms with van der Waals surface area (Å²) in [6.45, 7) is 0. The molecule has 3 aromatic carbocycles. The molecule has 6 heteroatoms. The molecule has 0 fully saturated rings. The maximum Gasteiger partial charge on any atom is 0.119 e. The van der Waals surface area contributed by atoms with Gasteiger partial charge in [-0.2, -0.15) is 0 Å². The van der Waals surface area contributed by atoms with Crippen LogP contribution in [0.2, 0.25) is 0 Å². The Hall–Kier alpha value is -4.32. The van der Waals surface area contributed by atoms with Gasteiger partial charge in [-0.05, 0) is 47.5 Å². The third-order valence-corrected chi connectivity index (χ3v) is 6.01. The van der Waals surface area contributed by atoms with Crippen molar-refractivity contribution < 1.29 is 4.74 Å². The Kier molecular flexibility index (Phi) is 4.28. The summed E-state index contributed by atoms with van der Waals surface area (Å²) in [5, 5.41) is 11.4. The number of nitrogens with zero attached hydrogens (tertiary/aromatic N) is 3. The van der Waals surface area contributed by atoms with Crippen molar-refractivity contribution in [1.82, 2.24) is 25.0 Å². The van der Waals surface area contributed by atoms with E-state index in [1.54, 1.807) is 7.11 Å². The second-order valence-electron chi connectivity index (χ2n) is 7.80. The van der Waals surface area contributed by atoms with Gasteiger partial charge in [-0.3, -0.25) is 0 Å². The Bertz CT molecular complexity index is 1450. The van der Waals surface area contributed by atoms with E-state index in [4.69, 9.17) is 4.74 Å². The van der Waals surface area contributed by atoms with Gasteiger partial charge in [0.15, 0.2) is 0 Å². The monoisotopic (exact) mass is 419 g/mol. The number of hydrogen-bond acceptors (Lipinski definition) is 3. The van der Waals surface area contributed by atoms with Crippen LogP contribution >= 0.6 is 0 Å². The summed E-state index contributed by atoms with van der Waals surface area (Å²) in [6, 6.07) is 24.5. The molecule has 32 heavy (non-hydrogen) atoms. The molecule has 0 bridgehead atoms. The number of ether oxygens (including phenoxy) is 1. The summed E-state index contributed by atoms with van der Waals surface area (Å²) in [4.78, 5) is 6.84. The highest BCUT2D eigenvalue weighted by atomic mass is 16.5. The summed E-state index contributed by atoms with van der Waals surface area (Å²) >= 11 is 0. The van der Waals surface area contributed by atoms with E-state index in [-0.39, 0.29) is 5.92 Å². The van der Waals surface area contributed by atoms with Gasteiger partial charge in [-0.1, -0.05) is 41.6 Å². The Morgan fingerprint density at radius 2 is 1.38 bits per heavy atom. The third kappa shape index (κ3) is 2.96. The molecule has 3 aromatic heterocycles. The van der Waals surface area contributed by atoms with Crippen LogP contribution in [-0.4, -0.2) is 32.1 Å². The summed E-state index contributed by atoms with van der Waals surface area (Å²) in [7, 11) is 1.66. The number of rotatable bonds is 5. The van der Waals surface area contributed by atoms with Gasteiger partial charge >= 0.3 is 0 Å². The number of aromatic nitrogens is 5. The fourth-order valence-corrected chi connectivity index (χ4v) is 4.42. The van der Waals surface area contributed by atoms with Crippen molar-refractivity contribution in [3.8, 4) is 11.4 Å². The Labute approximate surface area is 184 Å². The summed E-state index contributed by atoms with van der Waals surface area (Å²) in [6.07, 6.45) is 6.18. The molecule has 0 atom stereocenters. The Morgan fingerprint density at radius 1 is 0.781 bits per heavy atom. The summed E-state index contributed by atoms with van der Waals surface area (Å²) in [5.74, 6) is 0.735. The minimum absolute atomic E-state index is 0.0747. The van der Waals surface area contributed by atoms with Crippen molar-refractivity contribution in [2.75, 3.05) is 7.11 Å². The van der Waals surface area contributed by atoms with Crippen LogP contribution in [0.5, 0.6) is 5.75 Å². The van der Waals surface area contributed by atoms with E-state index >= 15 is 0 Å². The van der Waals surface area contributed by atoms with Crippen molar-refractivity contribution in [2.24, 2.45) is 0 Å². The van der Waals surface area contributed by atoms with Crippen LogP contribution in [0.3, 0.4) is 0 Å². The molecule has 156 valence electrons. The van der Waals surface area contributed by atoms with Crippen LogP contribution < -0.4 is 4.74 Å². The summed E-state index contributed by atoms with van der Waals surface area (Å²) < 4.78 is 7.09. The molecule has 6 aromatic rings. The number of fused-ring (bicyclic) bond motifs is 2. The van der Waals surface area contributed by atoms with E-state index < -0.39 is 0 Å². The van der Waals surface area contributed by atoms with Gasteiger partial charge in [0.2, 0.25) is 0 Å². The number of benzene rings is 3. The zero-order valence-corrected chi connectivity index (χ0v) is 17.5. The SMILES string of the molecule is COc1ccc(-n2cc(C(c3c[nH]c4ccccc34)c3c[nH]c4ccccc34)nn2)cc1. The van der Waals surface area contributed by atoms with Gasteiger partial charge in [0, 0.05) is 34.2 Å². The number of H-pyrrole nitrogens is 2. The molecular weight excluding hydrogens is 398 g/mol. The topological polar surface area (TPSA) is 71.5 Å². The van der Waals surface area contributed by atoms with Gasteiger partial charge in [-0.25, -0.2) is 4.68 Å².